The van der Waals surface area contributed by atoms with Crippen LogP contribution in [0.5, 0.6) is 0 Å². The lowest BCUT2D eigenvalue weighted by Gasteiger charge is -2.37. The fourth-order valence-corrected chi connectivity index (χ4v) is 4.49. The molecule has 0 radical (unpaired) electrons. The molecule has 1 saturated heterocycles. The van der Waals surface area contributed by atoms with Gasteiger partial charge in [-0.3, -0.25) is 0 Å². The van der Waals surface area contributed by atoms with E-state index in [1.807, 2.05) is 0 Å². The van der Waals surface area contributed by atoms with E-state index in [1.54, 1.807) is 0 Å². The Morgan fingerprint density at radius 2 is 1.84 bits per heavy atom. The van der Waals surface area contributed by atoms with Crippen LogP contribution in [0.15, 0.2) is 0 Å². The highest BCUT2D eigenvalue weighted by Crippen LogP contribution is 2.37. The van der Waals surface area contributed by atoms with Crippen LogP contribution < -0.4 is 0 Å². The minimum atomic E-state index is 0.483. The van der Waals surface area contributed by atoms with Gasteiger partial charge >= 0.3 is 0 Å². The van der Waals surface area contributed by atoms with Crippen LogP contribution in [-0.4, -0.2) is 43.1 Å². The molecule has 0 bridgehead atoms. The maximum atomic E-state index is 5.88. The third-order valence-electron chi connectivity index (χ3n) is 4.84. The van der Waals surface area contributed by atoms with Gasteiger partial charge in [-0.05, 0) is 44.6 Å². The molecule has 1 aliphatic carbocycles. The van der Waals surface area contributed by atoms with Crippen molar-refractivity contribution in [3.8, 4) is 0 Å². The van der Waals surface area contributed by atoms with Crippen LogP contribution >= 0.6 is 15.9 Å². The number of ether oxygens (including phenoxy) is 1. The van der Waals surface area contributed by atoms with Crippen molar-refractivity contribution in [1.82, 2.24) is 4.90 Å². The fraction of sp³-hybridized carbons (Fsp3) is 1.00. The molecule has 2 rings (SSSR count). The van der Waals surface area contributed by atoms with Gasteiger partial charge in [0.15, 0.2) is 0 Å². The molecule has 1 atom stereocenters. The van der Waals surface area contributed by atoms with Gasteiger partial charge in [0.25, 0.3) is 0 Å². The third kappa shape index (κ3) is 5.02. The lowest BCUT2D eigenvalue weighted by molar-refractivity contribution is -0.00749. The number of likely N-dealkylation sites (N-methyl/N-ethyl adjacent to an activating group) is 1. The molecule has 2 aliphatic rings. The molecule has 19 heavy (non-hydrogen) atoms. The Labute approximate surface area is 127 Å². The van der Waals surface area contributed by atoms with E-state index in [9.17, 15) is 0 Å². The van der Waals surface area contributed by atoms with E-state index in [4.69, 9.17) is 4.74 Å². The second-order valence-electron chi connectivity index (χ2n) is 6.73. The molecular weight excluding hydrogens is 302 g/mol. The summed E-state index contributed by atoms with van der Waals surface area (Å²) in [6.07, 6.45) is 12.8. The lowest BCUT2D eigenvalue weighted by atomic mass is 9.82. The van der Waals surface area contributed by atoms with Crippen molar-refractivity contribution in [2.24, 2.45) is 5.41 Å². The molecule has 0 aromatic rings. The van der Waals surface area contributed by atoms with Crippen molar-refractivity contribution in [3.05, 3.63) is 0 Å². The highest BCUT2D eigenvalue weighted by molar-refractivity contribution is 9.09. The smallest absolute Gasteiger partial charge is 0.0701 e. The summed E-state index contributed by atoms with van der Waals surface area (Å²) in [5, 5.41) is 1.16. The highest BCUT2D eigenvalue weighted by atomic mass is 79.9. The van der Waals surface area contributed by atoms with Gasteiger partial charge in [-0.25, -0.2) is 0 Å². The number of hydrogen-bond acceptors (Lipinski definition) is 2. The van der Waals surface area contributed by atoms with Crippen molar-refractivity contribution in [1.29, 1.82) is 0 Å². The van der Waals surface area contributed by atoms with Gasteiger partial charge < -0.3 is 9.64 Å². The molecule has 2 fully saturated rings. The minimum absolute atomic E-state index is 0.483. The van der Waals surface area contributed by atoms with Crippen LogP contribution in [0.2, 0.25) is 0 Å². The average molecular weight is 332 g/mol. The average Bonchev–Trinajstić information content (AvgIpc) is 2.66. The van der Waals surface area contributed by atoms with Crippen LogP contribution in [-0.2, 0) is 4.74 Å². The summed E-state index contributed by atoms with van der Waals surface area (Å²) in [5.41, 5.74) is 0.514. The summed E-state index contributed by atoms with van der Waals surface area (Å²) in [5.74, 6) is 0. The Morgan fingerprint density at radius 3 is 2.42 bits per heavy atom. The number of rotatable bonds is 5. The summed E-state index contributed by atoms with van der Waals surface area (Å²) in [6, 6.07) is 0. The van der Waals surface area contributed by atoms with Crippen molar-refractivity contribution < 1.29 is 4.74 Å². The Balaban J connectivity index is 1.82. The number of halogens is 1. The molecule has 1 unspecified atom stereocenters. The molecule has 112 valence electrons. The molecular formula is C16H30BrNO. The van der Waals surface area contributed by atoms with Gasteiger partial charge in [0.2, 0.25) is 0 Å². The van der Waals surface area contributed by atoms with Crippen LogP contribution in [0.3, 0.4) is 0 Å². The van der Waals surface area contributed by atoms with E-state index in [2.05, 4.69) is 27.9 Å². The summed E-state index contributed by atoms with van der Waals surface area (Å²) < 4.78 is 5.88. The van der Waals surface area contributed by atoms with Crippen LogP contribution in [0, 0.1) is 5.41 Å². The molecule has 0 amide bonds. The topological polar surface area (TPSA) is 12.5 Å². The second-order valence-corrected chi connectivity index (χ2v) is 7.29. The molecule has 1 heterocycles. The summed E-state index contributed by atoms with van der Waals surface area (Å²) in [7, 11) is 2.28. The van der Waals surface area contributed by atoms with Gasteiger partial charge in [0.05, 0.1) is 6.10 Å². The molecule has 0 aromatic carbocycles. The number of alkyl halides is 1. The van der Waals surface area contributed by atoms with E-state index in [0.717, 1.165) is 18.5 Å². The van der Waals surface area contributed by atoms with E-state index in [0.29, 0.717) is 11.5 Å². The van der Waals surface area contributed by atoms with E-state index >= 15 is 0 Å². The Bertz CT molecular complexity index is 245. The predicted molar refractivity (Wildman–Crippen MR) is 85.0 cm³/mol. The molecule has 1 saturated carbocycles. The zero-order chi connectivity index (χ0) is 13.6. The normalized spacial score (nSPS) is 28.3. The van der Waals surface area contributed by atoms with E-state index < -0.39 is 0 Å². The van der Waals surface area contributed by atoms with Crippen molar-refractivity contribution in [3.63, 3.8) is 0 Å². The van der Waals surface area contributed by atoms with Gasteiger partial charge in [0.1, 0.15) is 0 Å². The van der Waals surface area contributed by atoms with Crippen LogP contribution in [0.4, 0.5) is 0 Å². The lowest BCUT2D eigenvalue weighted by Crippen LogP contribution is -2.41. The predicted octanol–water partition coefficient (Wildman–Crippen LogP) is 4.22. The second kappa shape index (κ2) is 7.99. The van der Waals surface area contributed by atoms with Gasteiger partial charge in [-0.2, -0.15) is 0 Å². The first-order valence-corrected chi connectivity index (χ1v) is 9.22. The Morgan fingerprint density at radius 1 is 1.11 bits per heavy atom. The molecule has 3 heteroatoms. The maximum absolute atomic E-state index is 5.88. The fourth-order valence-electron chi connectivity index (χ4n) is 3.75. The van der Waals surface area contributed by atoms with Gasteiger partial charge in [-0.15, -0.1) is 0 Å². The Kier molecular flexibility index (Phi) is 6.64. The molecule has 0 N–H and O–H groups in total. The Hall–Kier alpha value is 0.400. The zero-order valence-corrected chi connectivity index (χ0v) is 14.1. The zero-order valence-electron chi connectivity index (χ0n) is 12.5. The highest BCUT2D eigenvalue weighted by Gasteiger charge is 2.31. The first-order valence-electron chi connectivity index (χ1n) is 8.10. The first kappa shape index (κ1) is 15.8. The van der Waals surface area contributed by atoms with Crippen LogP contribution in [0.25, 0.3) is 0 Å². The van der Waals surface area contributed by atoms with Gasteiger partial charge in [-0.1, -0.05) is 41.6 Å². The minimum Gasteiger partial charge on any atom is -0.377 e. The monoisotopic (exact) mass is 331 g/mol. The summed E-state index contributed by atoms with van der Waals surface area (Å²) in [4.78, 5) is 2.53. The van der Waals surface area contributed by atoms with Crippen molar-refractivity contribution >= 4 is 15.9 Å². The van der Waals surface area contributed by atoms with Crippen LogP contribution in [0.1, 0.15) is 57.8 Å². The number of nitrogens with zero attached hydrogens (tertiary/aromatic N) is 1. The molecule has 0 spiro atoms. The standard InChI is InChI=1S/C16H30BrNO/c1-18(12-15-8-4-7-11-19-15)14-16(13-17)9-5-2-3-6-10-16/h15H,2-14H2,1H3. The maximum Gasteiger partial charge on any atom is 0.0701 e. The molecule has 0 aromatic heterocycles. The largest absolute Gasteiger partial charge is 0.377 e. The SMILES string of the molecule is CN(CC1CCCCO1)CC1(CBr)CCCCCC1. The van der Waals surface area contributed by atoms with E-state index in [-0.39, 0.29) is 0 Å². The quantitative estimate of drug-likeness (QED) is 0.552. The number of hydrogen-bond donors (Lipinski definition) is 0. The molecule has 2 nitrogen and oxygen atoms in total. The van der Waals surface area contributed by atoms with Crippen molar-refractivity contribution in [2.75, 3.05) is 32.1 Å². The third-order valence-corrected chi connectivity index (χ3v) is 6.03. The summed E-state index contributed by atoms with van der Waals surface area (Å²) in [6.45, 7) is 3.33. The van der Waals surface area contributed by atoms with Crippen molar-refractivity contribution in [2.45, 2.75) is 63.9 Å². The van der Waals surface area contributed by atoms with E-state index in [1.165, 1.54) is 64.3 Å². The molecule has 1 aliphatic heterocycles. The first-order chi connectivity index (χ1) is 9.24. The van der Waals surface area contributed by atoms with Gasteiger partial charge in [0, 0.05) is 25.0 Å². The summed E-state index contributed by atoms with van der Waals surface area (Å²) >= 11 is 3.80.